The Morgan fingerprint density at radius 3 is 2.50 bits per heavy atom. The van der Waals surface area contributed by atoms with Crippen LogP contribution in [0.2, 0.25) is 0 Å². The molecule has 0 saturated carbocycles. The zero-order valence-corrected chi connectivity index (χ0v) is 9.99. The minimum Gasteiger partial charge on any atom is -0.481 e. The van der Waals surface area contributed by atoms with Gasteiger partial charge in [-0.2, -0.15) is 0 Å². The van der Waals surface area contributed by atoms with Gasteiger partial charge < -0.3 is 9.64 Å². The first-order chi connectivity index (χ1) is 7.77. The second-order valence-electron chi connectivity index (χ2n) is 3.48. The summed E-state index contributed by atoms with van der Waals surface area (Å²) in [6.45, 7) is 7.56. The lowest BCUT2D eigenvalue weighted by Crippen LogP contribution is -2.23. The maximum absolute atomic E-state index is 5.13. The molecule has 3 heteroatoms. The van der Waals surface area contributed by atoms with Crippen molar-refractivity contribution in [2.45, 2.75) is 19.8 Å². The van der Waals surface area contributed by atoms with Crippen molar-refractivity contribution < 1.29 is 4.74 Å². The summed E-state index contributed by atoms with van der Waals surface area (Å²) in [5, 5.41) is 0. The minimum atomic E-state index is 0.581. The van der Waals surface area contributed by atoms with Gasteiger partial charge in [-0.3, -0.25) is 0 Å². The Bertz CT molecular complexity index is 346. The molecule has 0 unspecified atom stereocenters. The van der Waals surface area contributed by atoms with E-state index in [9.17, 15) is 0 Å². The van der Waals surface area contributed by atoms with Crippen molar-refractivity contribution in [1.82, 2.24) is 4.90 Å². The number of rotatable bonds is 3. The van der Waals surface area contributed by atoms with Gasteiger partial charge in [0.25, 0.3) is 0 Å². The highest BCUT2D eigenvalue weighted by molar-refractivity contribution is 5.88. The van der Waals surface area contributed by atoms with Gasteiger partial charge in [-0.05, 0) is 6.92 Å². The molecule has 0 aromatic carbocycles. The van der Waals surface area contributed by atoms with Crippen LogP contribution >= 0.6 is 0 Å². The topological polar surface area (TPSA) is 24.8 Å². The van der Waals surface area contributed by atoms with E-state index in [1.165, 1.54) is 6.20 Å². The first kappa shape index (κ1) is 12.4. The van der Waals surface area contributed by atoms with Gasteiger partial charge in [0.1, 0.15) is 0 Å². The van der Waals surface area contributed by atoms with Crippen LogP contribution in [0.3, 0.4) is 0 Å². The molecule has 0 radical (unpaired) electrons. The third-order valence-electron chi connectivity index (χ3n) is 2.40. The average Bonchev–Trinajstić information content (AvgIpc) is 2.56. The average molecular weight is 218 g/mol. The van der Waals surface area contributed by atoms with Crippen LogP contribution in [-0.4, -0.2) is 31.0 Å². The summed E-state index contributed by atoms with van der Waals surface area (Å²) in [4.78, 5) is 6.31. The molecule has 1 rings (SSSR count). The molecule has 0 aliphatic carbocycles. The van der Waals surface area contributed by atoms with Gasteiger partial charge in [0.05, 0.1) is 7.11 Å². The van der Waals surface area contributed by atoms with Gasteiger partial charge in [-0.15, -0.1) is 11.8 Å². The highest BCUT2D eigenvalue weighted by atomic mass is 16.5. The minimum absolute atomic E-state index is 0.581. The molecule has 0 aromatic rings. The van der Waals surface area contributed by atoms with E-state index in [1.54, 1.807) is 7.11 Å². The van der Waals surface area contributed by atoms with Crippen LogP contribution in [0.4, 0.5) is 0 Å². The summed E-state index contributed by atoms with van der Waals surface area (Å²) in [5.74, 6) is 6.84. The molecule has 0 N–H and O–H groups in total. The van der Waals surface area contributed by atoms with Crippen molar-refractivity contribution >= 4 is 5.90 Å². The fraction of sp³-hybridized carbons (Fsp3) is 0.462. The van der Waals surface area contributed by atoms with Crippen molar-refractivity contribution in [3.63, 3.8) is 0 Å². The molecule has 0 atom stereocenters. The number of hydrogen-bond donors (Lipinski definition) is 0. The van der Waals surface area contributed by atoms with E-state index >= 15 is 0 Å². The van der Waals surface area contributed by atoms with Gasteiger partial charge in [0.2, 0.25) is 5.90 Å². The standard InChI is InChI=1S/C13H18N2O/c1-4-14-13(16-3)11-12(2)15-9-7-5-6-8-10-15/h4,11H,1,7-10H2,2-3H3/b12-11+,14-13?. The molecular formula is C13H18N2O. The monoisotopic (exact) mass is 218 g/mol. The lowest BCUT2D eigenvalue weighted by Gasteiger charge is -2.22. The van der Waals surface area contributed by atoms with Crippen LogP contribution in [0.1, 0.15) is 19.8 Å². The van der Waals surface area contributed by atoms with Gasteiger partial charge in [-0.25, -0.2) is 4.99 Å². The van der Waals surface area contributed by atoms with Gasteiger partial charge in [-0.1, -0.05) is 6.58 Å². The third-order valence-corrected chi connectivity index (χ3v) is 2.40. The van der Waals surface area contributed by atoms with Crippen molar-refractivity contribution in [3.05, 3.63) is 24.6 Å². The Kier molecular flexibility index (Phi) is 5.21. The lowest BCUT2D eigenvalue weighted by atomic mass is 10.3. The Morgan fingerprint density at radius 2 is 2.00 bits per heavy atom. The van der Waals surface area contributed by atoms with Crippen LogP contribution in [0.15, 0.2) is 29.5 Å². The van der Waals surface area contributed by atoms with E-state index in [4.69, 9.17) is 4.74 Å². The number of nitrogens with zero attached hydrogens (tertiary/aromatic N) is 2. The summed E-state index contributed by atoms with van der Waals surface area (Å²) in [7, 11) is 1.61. The van der Waals surface area contributed by atoms with Crippen molar-refractivity contribution in [3.8, 4) is 11.8 Å². The third kappa shape index (κ3) is 3.82. The highest BCUT2D eigenvalue weighted by Crippen LogP contribution is 2.08. The van der Waals surface area contributed by atoms with Gasteiger partial charge in [0.15, 0.2) is 0 Å². The summed E-state index contributed by atoms with van der Waals surface area (Å²) < 4.78 is 5.13. The fourth-order valence-corrected chi connectivity index (χ4v) is 1.53. The SMILES string of the molecule is C=CN=C(/C=C(\C)N1CCC#CCC1)OC. The number of aliphatic imine (C=N–C) groups is 1. The molecule has 1 aliphatic heterocycles. The van der Waals surface area contributed by atoms with E-state index in [0.717, 1.165) is 31.6 Å². The van der Waals surface area contributed by atoms with E-state index < -0.39 is 0 Å². The maximum Gasteiger partial charge on any atom is 0.214 e. The molecule has 3 nitrogen and oxygen atoms in total. The van der Waals surface area contributed by atoms with Crippen LogP contribution in [0, 0.1) is 11.8 Å². The van der Waals surface area contributed by atoms with Crippen molar-refractivity contribution in [1.29, 1.82) is 0 Å². The molecule has 16 heavy (non-hydrogen) atoms. The van der Waals surface area contributed by atoms with Crippen molar-refractivity contribution in [2.75, 3.05) is 20.2 Å². The van der Waals surface area contributed by atoms with Crippen LogP contribution in [0.25, 0.3) is 0 Å². The normalized spacial score (nSPS) is 17.2. The Morgan fingerprint density at radius 1 is 1.38 bits per heavy atom. The molecular weight excluding hydrogens is 200 g/mol. The zero-order chi connectivity index (χ0) is 11.8. The summed E-state index contributed by atoms with van der Waals surface area (Å²) >= 11 is 0. The fourth-order valence-electron chi connectivity index (χ4n) is 1.53. The van der Waals surface area contributed by atoms with E-state index in [1.807, 2.05) is 6.08 Å². The molecule has 0 spiro atoms. The highest BCUT2D eigenvalue weighted by Gasteiger charge is 2.07. The smallest absolute Gasteiger partial charge is 0.214 e. The van der Waals surface area contributed by atoms with Crippen LogP contribution in [0.5, 0.6) is 0 Å². The predicted octanol–water partition coefficient (Wildman–Crippen LogP) is 2.18. The van der Waals surface area contributed by atoms with Crippen LogP contribution < -0.4 is 0 Å². The number of methoxy groups -OCH3 is 1. The first-order valence-corrected chi connectivity index (χ1v) is 5.39. The number of hydrogen-bond acceptors (Lipinski definition) is 3. The number of allylic oxidation sites excluding steroid dienone is 1. The Labute approximate surface area is 97.5 Å². The molecule has 0 fully saturated rings. The molecule has 0 aromatic heterocycles. The second-order valence-corrected chi connectivity index (χ2v) is 3.48. The first-order valence-electron chi connectivity index (χ1n) is 5.39. The molecule has 1 aliphatic rings. The Balaban J connectivity index is 2.67. The largest absolute Gasteiger partial charge is 0.481 e. The Hall–Kier alpha value is -1.69. The summed E-state index contributed by atoms with van der Waals surface area (Å²) in [6, 6.07) is 0. The van der Waals surface area contributed by atoms with E-state index in [2.05, 4.69) is 35.2 Å². The van der Waals surface area contributed by atoms with E-state index in [0.29, 0.717) is 5.90 Å². The number of ether oxygens (including phenoxy) is 1. The van der Waals surface area contributed by atoms with Crippen molar-refractivity contribution in [2.24, 2.45) is 4.99 Å². The van der Waals surface area contributed by atoms with Gasteiger partial charge >= 0.3 is 0 Å². The quantitative estimate of drug-likeness (QED) is 0.412. The summed E-state index contributed by atoms with van der Waals surface area (Å²) in [5.41, 5.74) is 1.15. The maximum atomic E-state index is 5.13. The van der Waals surface area contributed by atoms with E-state index in [-0.39, 0.29) is 0 Å². The second kappa shape index (κ2) is 6.73. The zero-order valence-electron chi connectivity index (χ0n) is 9.99. The molecule has 86 valence electrons. The molecule has 0 saturated heterocycles. The predicted molar refractivity (Wildman–Crippen MR) is 67.0 cm³/mol. The van der Waals surface area contributed by atoms with Gasteiger partial charge in [0, 0.05) is 43.9 Å². The van der Waals surface area contributed by atoms with Crippen LogP contribution in [-0.2, 0) is 4.74 Å². The lowest BCUT2D eigenvalue weighted by molar-refractivity contribution is 0.362. The molecule has 0 bridgehead atoms. The molecule has 0 amide bonds. The summed E-state index contributed by atoms with van der Waals surface area (Å²) in [6.07, 6.45) is 5.25. The molecule has 1 heterocycles.